The first-order valence-electron chi connectivity index (χ1n) is 11.1. The lowest BCUT2D eigenvalue weighted by Gasteiger charge is -2.20. The molecular weight excluding hydrogens is 380 g/mol. The second-order valence-corrected chi connectivity index (χ2v) is 8.95. The second-order valence-electron chi connectivity index (χ2n) is 8.95. The van der Waals surface area contributed by atoms with Crippen molar-refractivity contribution in [3.05, 3.63) is 36.2 Å². The van der Waals surface area contributed by atoms with Gasteiger partial charge in [-0.15, -0.1) is 0 Å². The molecule has 2 aromatic rings. The highest BCUT2D eigenvalue weighted by Crippen LogP contribution is 2.40. The van der Waals surface area contributed by atoms with E-state index >= 15 is 0 Å². The van der Waals surface area contributed by atoms with Crippen molar-refractivity contribution in [2.45, 2.75) is 56.9 Å². The summed E-state index contributed by atoms with van der Waals surface area (Å²) in [6, 6.07) is 9.56. The topological polar surface area (TPSA) is 88.3 Å². The molecule has 5 rings (SSSR count). The standard InChI is InChI=1S/C23H28N4O3/c28-20(12-15-8-9-15)24-19-14-17(23(29)27-10-4-5-11-27)13-18(19)22-25-21(26-30-22)16-6-2-1-3-7-16/h1-3,6-7,15,17-19H,4-5,8-14H2,(H,24,28)/t17-,18-,19+/m1/s1. The number of carbonyl (C=O) groups is 2. The van der Waals surface area contributed by atoms with Gasteiger partial charge in [-0.2, -0.15) is 4.98 Å². The molecule has 3 aliphatic rings. The van der Waals surface area contributed by atoms with Crippen molar-refractivity contribution < 1.29 is 14.1 Å². The predicted molar refractivity (Wildman–Crippen MR) is 110 cm³/mol. The maximum Gasteiger partial charge on any atom is 0.232 e. The first kappa shape index (κ1) is 19.3. The van der Waals surface area contributed by atoms with Gasteiger partial charge in [-0.25, -0.2) is 0 Å². The van der Waals surface area contributed by atoms with Gasteiger partial charge in [0, 0.05) is 37.0 Å². The Morgan fingerprint density at radius 2 is 1.87 bits per heavy atom. The third kappa shape index (κ3) is 4.11. The van der Waals surface area contributed by atoms with Crippen molar-refractivity contribution >= 4 is 11.8 Å². The first-order valence-corrected chi connectivity index (χ1v) is 11.1. The molecule has 0 unspecified atom stereocenters. The van der Waals surface area contributed by atoms with Crippen molar-refractivity contribution in [2.75, 3.05) is 13.1 Å². The van der Waals surface area contributed by atoms with E-state index in [4.69, 9.17) is 4.52 Å². The van der Waals surface area contributed by atoms with Crippen LogP contribution in [0.3, 0.4) is 0 Å². The quantitative estimate of drug-likeness (QED) is 0.793. The number of aromatic nitrogens is 2. The molecule has 1 aromatic carbocycles. The summed E-state index contributed by atoms with van der Waals surface area (Å²) in [6.07, 6.45) is 6.29. The SMILES string of the molecule is O=C(CC1CC1)N[C@H]1C[C@H](C(=O)N2CCCC2)C[C@H]1c1nc(-c2ccccc2)no1. The molecule has 7 nitrogen and oxygen atoms in total. The lowest BCUT2D eigenvalue weighted by Crippen LogP contribution is -2.37. The number of benzene rings is 1. The van der Waals surface area contributed by atoms with E-state index in [1.165, 1.54) is 0 Å². The fraction of sp³-hybridized carbons (Fsp3) is 0.565. The summed E-state index contributed by atoms with van der Waals surface area (Å²) in [6.45, 7) is 1.69. The zero-order valence-electron chi connectivity index (χ0n) is 17.1. The minimum absolute atomic E-state index is 0.0737. The van der Waals surface area contributed by atoms with E-state index in [9.17, 15) is 9.59 Å². The van der Waals surface area contributed by atoms with Crippen LogP contribution in [0.4, 0.5) is 0 Å². The molecule has 3 atom stereocenters. The second kappa shape index (κ2) is 8.20. The molecule has 158 valence electrons. The Labute approximate surface area is 176 Å². The molecule has 1 aliphatic heterocycles. The summed E-state index contributed by atoms with van der Waals surface area (Å²) in [4.78, 5) is 32.1. The van der Waals surface area contributed by atoms with Crippen LogP contribution in [0, 0.1) is 11.8 Å². The number of nitrogens with zero attached hydrogens (tertiary/aromatic N) is 3. The molecule has 0 spiro atoms. The van der Waals surface area contributed by atoms with Gasteiger partial charge in [-0.05, 0) is 44.4 Å². The molecule has 2 saturated carbocycles. The van der Waals surface area contributed by atoms with Crippen LogP contribution >= 0.6 is 0 Å². The highest BCUT2D eigenvalue weighted by molar-refractivity contribution is 5.80. The minimum atomic E-state index is -0.142. The van der Waals surface area contributed by atoms with Crippen molar-refractivity contribution in [1.82, 2.24) is 20.4 Å². The molecule has 0 radical (unpaired) electrons. The maximum absolute atomic E-state index is 13.0. The third-order valence-electron chi connectivity index (χ3n) is 6.64. The Hall–Kier alpha value is -2.70. The van der Waals surface area contributed by atoms with Crippen LogP contribution in [-0.4, -0.2) is 46.0 Å². The van der Waals surface area contributed by atoms with E-state index in [-0.39, 0.29) is 29.7 Å². The normalized spacial score (nSPS) is 26.1. The summed E-state index contributed by atoms with van der Waals surface area (Å²) in [7, 11) is 0. The molecule has 2 heterocycles. The molecule has 7 heteroatoms. The Morgan fingerprint density at radius 3 is 2.60 bits per heavy atom. The number of likely N-dealkylation sites (tertiary alicyclic amines) is 1. The van der Waals surface area contributed by atoms with Gasteiger partial charge in [0.25, 0.3) is 0 Å². The van der Waals surface area contributed by atoms with Crippen LogP contribution in [0.25, 0.3) is 11.4 Å². The Bertz CT molecular complexity index is 902. The third-order valence-corrected chi connectivity index (χ3v) is 6.64. The van der Waals surface area contributed by atoms with E-state index in [0.717, 1.165) is 44.3 Å². The Morgan fingerprint density at radius 1 is 1.10 bits per heavy atom. The molecule has 2 aliphatic carbocycles. The van der Waals surface area contributed by atoms with E-state index in [1.54, 1.807) is 0 Å². The smallest absolute Gasteiger partial charge is 0.232 e. The zero-order valence-corrected chi connectivity index (χ0v) is 17.1. The molecule has 0 bridgehead atoms. The Balaban J connectivity index is 1.34. The fourth-order valence-corrected chi connectivity index (χ4v) is 4.81. The summed E-state index contributed by atoms with van der Waals surface area (Å²) >= 11 is 0. The highest BCUT2D eigenvalue weighted by Gasteiger charge is 2.44. The van der Waals surface area contributed by atoms with Gasteiger partial charge in [-0.1, -0.05) is 35.5 Å². The van der Waals surface area contributed by atoms with Gasteiger partial charge >= 0.3 is 0 Å². The Kier molecular flexibility index (Phi) is 5.27. The number of rotatable bonds is 6. The summed E-state index contributed by atoms with van der Waals surface area (Å²) in [5.41, 5.74) is 0.893. The zero-order chi connectivity index (χ0) is 20.5. The van der Waals surface area contributed by atoms with E-state index < -0.39 is 0 Å². The molecule has 30 heavy (non-hydrogen) atoms. The van der Waals surface area contributed by atoms with Gasteiger partial charge < -0.3 is 14.7 Å². The molecular formula is C23H28N4O3. The van der Waals surface area contributed by atoms with Crippen molar-refractivity contribution in [2.24, 2.45) is 11.8 Å². The van der Waals surface area contributed by atoms with E-state index in [2.05, 4.69) is 15.5 Å². The number of amides is 2. The molecule has 1 saturated heterocycles. The van der Waals surface area contributed by atoms with Crippen molar-refractivity contribution in [3.8, 4) is 11.4 Å². The minimum Gasteiger partial charge on any atom is -0.353 e. The van der Waals surface area contributed by atoms with Gasteiger partial charge in [0.05, 0.1) is 5.92 Å². The lowest BCUT2D eigenvalue weighted by atomic mass is 10.0. The molecule has 2 amide bonds. The summed E-state index contributed by atoms with van der Waals surface area (Å²) in [5, 5.41) is 7.34. The monoisotopic (exact) mass is 408 g/mol. The number of hydrogen-bond acceptors (Lipinski definition) is 5. The van der Waals surface area contributed by atoms with Crippen molar-refractivity contribution in [1.29, 1.82) is 0 Å². The van der Waals surface area contributed by atoms with E-state index in [0.29, 0.717) is 36.9 Å². The molecule has 1 aromatic heterocycles. The fourth-order valence-electron chi connectivity index (χ4n) is 4.81. The van der Waals surface area contributed by atoms with Gasteiger partial charge in [0.15, 0.2) is 0 Å². The van der Waals surface area contributed by atoms with E-state index in [1.807, 2.05) is 35.2 Å². The van der Waals surface area contributed by atoms with Crippen LogP contribution < -0.4 is 5.32 Å². The van der Waals surface area contributed by atoms with Crippen LogP contribution in [0.1, 0.15) is 56.8 Å². The highest BCUT2D eigenvalue weighted by atomic mass is 16.5. The van der Waals surface area contributed by atoms with Crippen LogP contribution in [-0.2, 0) is 9.59 Å². The largest absolute Gasteiger partial charge is 0.353 e. The van der Waals surface area contributed by atoms with Crippen LogP contribution in [0.2, 0.25) is 0 Å². The maximum atomic E-state index is 13.0. The number of nitrogens with one attached hydrogen (secondary N) is 1. The average Bonchev–Trinajstić information content (AvgIpc) is 3.20. The molecule has 1 N–H and O–H groups in total. The average molecular weight is 409 g/mol. The summed E-state index contributed by atoms with van der Waals surface area (Å²) < 4.78 is 5.62. The van der Waals surface area contributed by atoms with Crippen LogP contribution in [0.5, 0.6) is 0 Å². The number of hydrogen-bond donors (Lipinski definition) is 1. The van der Waals surface area contributed by atoms with Crippen molar-refractivity contribution in [3.63, 3.8) is 0 Å². The van der Waals surface area contributed by atoms with Gasteiger partial charge in [0.2, 0.25) is 23.5 Å². The molecule has 3 fully saturated rings. The lowest BCUT2D eigenvalue weighted by molar-refractivity contribution is -0.134. The van der Waals surface area contributed by atoms with Gasteiger partial charge in [-0.3, -0.25) is 9.59 Å². The first-order chi connectivity index (χ1) is 14.7. The summed E-state index contributed by atoms with van der Waals surface area (Å²) in [5.74, 6) is 1.63. The van der Waals surface area contributed by atoms with Gasteiger partial charge in [0.1, 0.15) is 0 Å². The van der Waals surface area contributed by atoms with Crippen LogP contribution in [0.15, 0.2) is 34.9 Å². The number of carbonyl (C=O) groups excluding carboxylic acids is 2. The predicted octanol–water partition coefficient (Wildman–Crippen LogP) is 3.14.